The highest BCUT2D eigenvalue weighted by atomic mass is 35.5. The number of nitrogens with zero attached hydrogens (tertiary/aromatic N) is 1. The molecule has 6 heteroatoms. The van der Waals surface area contributed by atoms with E-state index >= 15 is 0 Å². The Labute approximate surface area is 176 Å². The SMILES string of the molecule is O=C(CNCC(c1ccccc1Cl)N1CCCCC1)c1ccc2c(c1)OCCO2. The Bertz CT molecular complexity index is 852. The van der Waals surface area contributed by atoms with E-state index in [2.05, 4.69) is 16.3 Å². The first kappa shape index (κ1) is 20.2. The highest BCUT2D eigenvalue weighted by molar-refractivity contribution is 6.31. The molecule has 0 saturated carbocycles. The van der Waals surface area contributed by atoms with Crippen molar-refractivity contribution in [3.8, 4) is 11.5 Å². The van der Waals surface area contributed by atoms with E-state index in [0.29, 0.717) is 36.8 Å². The van der Waals surface area contributed by atoms with Crippen LogP contribution in [0.3, 0.4) is 0 Å². The van der Waals surface area contributed by atoms with E-state index in [1.165, 1.54) is 19.3 Å². The van der Waals surface area contributed by atoms with Crippen LogP contribution >= 0.6 is 11.6 Å². The summed E-state index contributed by atoms with van der Waals surface area (Å²) in [6.07, 6.45) is 3.69. The van der Waals surface area contributed by atoms with Crippen LogP contribution in [-0.2, 0) is 0 Å². The highest BCUT2D eigenvalue weighted by Crippen LogP contribution is 2.31. The van der Waals surface area contributed by atoms with Gasteiger partial charge in [0.15, 0.2) is 17.3 Å². The largest absolute Gasteiger partial charge is 0.486 e. The van der Waals surface area contributed by atoms with Crippen LogP contribution < -0.4 is 14.8 Å². The van der Waals surface area contributed by atoms with E-state index in [9.17, 15) is 4.79 Å². The molecule has 4 rings (SSSR count). The molecule has 5 nitrogen and oxygen atoms in total. The average Bonchev–Trinajstić information content (AvgIpc) is 2.77. The molecule has 2 heterocycles. The summed E-state index contributed by atoms with van der Waals surface area (Å²) in [7, 11) is 0. The summed E-state index contributed by atoms with van der Waals surface area (Å²) in [5.74, 6) is 1.38. The number of benzene rings is 2. The minimum absolute atomic E-state index is 0.0403. The molecule has 1 saturated heterocycles. The third kappa shape index (κ3) is 4.92. The zero-order valence-electron chi connectivity index (χ0n) is 16.5. The summed E-state index contributed by atoms with van der Waals surface area (Å²) in [5.41, 5.74) is 1.75. The molecule has 2 aromatic rings. The lowest BCUT2D eigenvalue weighted by Crippen LogP contribution is -2.40. The Morgan fingerprint density at radius 3 is 2.59 bits per heavy atom. The Balaban J connectivity index is 1.41. The smallest absolute Gasteiger partial charge is 0.176 e. The molecular formula is C23H27ClN2O3. The van der Waals surface area contributed by atoms with E-state index in [0.717, 1.165) is 23.7 Å². The Kier molecular flexibility index (Phi) is 6.70. The van der Waals surface area contributed by atoms with Gasteiger partial charge in [-0.25, -0.2) is 0 Å². The van der Waals surface area contributed by atoms with Crippen LogP contribution in [0.1, 0.15) is 41.2 Å². The first-order valence-electron chi connectivity index (χ1n) is 10.3. The lowest BCUT2D eigenvalue weighted by molar-refractivity contribution is 0.0982. The van der Waals surface area contributed by atoms with E-state index in [4.69, 9.17) is 21.1 Å². The number of carbonyl (C=O) groups is 1. The molecule has 0 bridgehead atoms. The fourth-order valence-corrected chi connectivity index (χ4v) is 4.31. The number of piperidine rings is 1. The standard InChI is InChI=1S/C23H27ClN2O3/c24-19-7-3-2-6-18(19)20(26-10-4-1-5-11-26)15-25-16-21(27)17-8-9-22-23(14-17)29-13-12-28-22/h2-3,6-9,14,20,25H,1,4-5,10-13,15-16H2. The molecule has 1 atom stereocenters. The second-order valence-corrected chi connectivity index (χ2v) is 7.95. The topological polar surface area (TPSA) is 50.8 Å². The van der Waals surface area contributed by atoms with Crippen LogP contribution in [0.25, 0.3) is 0 Å². The first-order valence-corrected chi connectivity index (χ1v) is 10.7. The van der Waals surface area contributed by atoms with Gasteiger partial charge in [-0.15, -0.1) is 0 Å². The van der Waals surface area contributed by atoms with Crippen molar-refractivity contribution in [3.63, 3.8) is 0 Å². The second-order valence-electron chi connectivity index (χ2n) is 7.55. The van der Waals surface area contributed by atoms with E-state index in [1.54, 1.807) is 12.1 Å². The van der Waals surface area contributed by atoms with Crippen LogP contribution in [0.15, 0.2) is 42.5 Å². The van der Waals surface area contributed by atoms with Gasteiger partial charge in [-0.1, -0.05) is 36.2 Å². The molecule has 0 radical (unpaired) electrons. The number of hydrogen-bond acceptors (Lipinski definition) is 5. The normalized spacial score (nSPS) is 17.7. The van der Waals surface area contributed by atoms with Crippen LogP contribution in [0.4, 0.5) is 0 Å². The number of carbonyl (C=O) groups excluding carboxylic acids is 1. The van der Waals surface area contributed by atoms with Crippen LogP contribution in [0.5, 0.6) is 11.5 Å². The summed E-state index contributed by atoms with van der Waals surface area (Å²) in [6, 6.07) is 13.6. The first-order chi connectivity index (χ1) is 14.2. The maximum Gasteiger partial charge on any atom is 0.176 e. The lowest BCUT2D eigenvalue weighted by Gasteiger charge is -2.35. The van der Waals surface area contributed by atoms with Crippen molar-refractivity contribution >= 4 is 17.4 Å². The van der Waals surface area contributed by atoms with Crippen molar-refractivity contribution in [2.24, 2.45) is 0 Å². The number of rotatable bonds is 7. The molecular weight excluding hydrogens is 388 g/mol. The van der Waals surface area contributed by atoms with Crippen molar-refractivity contribution < 1.29 is 14.3 Å². The summed E-state index contributed by atoms with van der Waals surface area (Å²) in [6.45, 7) is 4.13. The number of likely N-dealkylation sites (tertiary alicyclic amines) is 1. The highest BCUT2D eigenvalue weighted by Gasteiger charge is 2.24. The number of ketones is 1. The van der Waals surface area contributed by atoms with Crippen molar-refractivity contribution in [1.29, 1.82) is 0 Å². The summed E-state index contributed by atoms with van der Waals surface area (Å²) in [5, 5.41) is 4.15. The van der Waals surface area contributed by atoms with Gasteiger partial charge >= 0.3 is 0 Å². The molecule has 1 N–H and O–H groups in total. The molecule has 0 aliphatic carbocycles. The van der Waals surface area contributed by atoms with Gasteiger partial charge in [-0.2, -0.15) is 0 Å². The summed E-state index contributed by atoms with van der Waals surface area (Å²) >= 11 is 6.50. The summed E-state index contributed by atoms with van der Waals surface area (Å²) < 4.78 is 11.1. The van der Waals surface area contributed by atoms with Gasteiger partial charge in [-0.3, -0.25) is 9.69 Å². The van der Waals surface area contributed by atoms with Crippen LogP contribution in [0, 0.1) is 0 Å². The molecule has 1 unspecified atom stereocenters. The van der Waals surface area contributed by atoms with Crippen molar-refractivity contribution in [2.45, 2.75) is 25.3 Å². The average molecular weight is 415 g/mol. The number of fused-ring (bicyclic) bond motifs is 1. The van der Waals surface area contributed by atoms with Crippen LogP contribution in [-0.4, -0.2) is 50.1 Å². The maximum absolute atomic E-state index is 12.7. The van der Waals surface area contributed by atoms with Gasteiger partial charge in [0.25, 0.3) is 0 Å². The second kappa shape index (κ2) is 9.61. The third-order valence-electron chi connectivity index (χ3n) is 5.58. The zero-order valence-corrected chi connectivity index (χ0v) is 17.3. The van der Waals surface area contributed by atoms with E-state index in [1.807, 2.05) is 24.3 Å². The fraction of sp³-hybridized carbons (Fsp3) is 0.435. The predicted molar refractivity (Wildman–Crippen MR) is 114 cm³/mol. The quantitative estimate of drug-likeness (QED) is 0.691. The number of hydrogen-bond donors (Lipinski definition) is 1. The number of nitrogens with one attached hydrogen (secondary N) is 1. The summed E-state index contributed by atoms with van der Waals surface area (Å²) in [4.78, 5) is 15.2. The minimum Gasteiger partial charge on any atom is -0.486 e. The molecule has 154 valence electrons. The van der Waals surface area contributed by atoms with Gasteiger partial charge in [-0.05, 0) is 55.8 Å². The van der Waals surface area contributed by atoms with Gasteiger partial charge in [0.05, 0.1) is 6.54 Å². The number of ether oxygens (including phenoxy) is 2. The number of Topliss-reactive ketones (excluding diaryl/α,β-unsaturated/α-hetero) is 1. The molecule has 1 fully saturated rings. The Morgan fingerprint density at radius 1 is 1.03 bits per heavy atom. The van der Waals surface area contributed by atoms with E-state index in [-0.39, 0.29) is 18.4 Å². The molecule has 29 heavy (non-hydrogen) atoms. The van der Waals surface area contributed by atoms with E-state index < -0.39 is 0 Å². The third-order valence-corrected chi connectivity index (χ3v) is 5.93. The van der Waals surface area contributed by atoms with Gasteiger partial charge in [0.2, 0.25) is 0 Å². The van der Waals surface area contributed by atoms with Gasteiger partial charge in [0.1, 0.15) is 13.2 Å². The molecule has 2 aromatic carbocycles. The lowest BCUT2D eigenvalue weighted by atomic mass is 10.0. The van der Waals surface area contributed by atoms with Crippen LogP contribution in [0.2, 0.25) is 5.02 Å². The minimum atomic E-state index is 0.0403. The zero-order chi connectivity index (χ0) is 20.1. The fourth-order valence-electron chi connectivity index (χ4n) is 4.05. The maximum atomic E-state index is 12.7. The molecule has 0 amide bonds. The van der Waals surface area contributed by atoms with Crippen molar-refractivity contribution in [2.75, 3.05) is 39.4 Å². The molecule has 2 aliphatic heterocycles. The van der Waals surface area contributed by atoms with Crippen molar-refractivity contribution in [1.82, 2.24) is 10.2 Å². The molecule has 0 aromatic heterocycles. The Morgan fingerprint density at radius 2 is 1.79 bits per heavy atom. The molecule has 0 spiro atoms. The molecule has 2 aliphatic rings. The van der Waals surface area contributed by atoms with Gasteiger partial charge in [0, 0.05) is 23.2 Å². The van der Waals surface area contributed by atoms with Gasteiger partial charge < -0.3 is 14.8 Å². The predicted octanol–water partition coefficient (Wildman–Crippen LogP) is 4.11. The number of halogens is 1. The monoisotopic (exact) mass is 414 g/mol. The Hall–Kier alpha value is -2.08. The van der Waals surface area contributed by atoms with Crippen molar-refractivity contribution in [3.05, 3.63) is 58.6 Å².